The maximum atomic E-state index is 12.5. The molecule has 0 saturated heterocycles. The van der Waals surface area contributed by atoms with E-state index in [9.17, 15) is 4.79 Å². The number of anilines is 1. The quantitative estimate of drug-likeness (QED) is 0.813. The molecule has 116 valence electrons. The molecule has 22 heavy (non-hydrogen) atoms. The molecule has 3 heteroatoms. The zero-order valence-electron chi connectivity index (χ0n) is 13.3. The molecule has 0 fully saturated rings. The summed E-state index contributed by atoms with van der Waals surface area (Å²) in [6.07, 6.45) is 0.785. The molecular weight excluding hydrogens is 272 g/mol. The Morgan fingerprint density at radius 3 is 2.50 bits per heavy atom. The van der Waals surface area contributed by atoms with E-state index in [-0.39, 0.29) is 11.8 Å². The van der Waals surface area contributed by atoms with Crippen molar-refractivity contribution >= 4 is 11.6 Å². The number of amides is 1. The number of hydrogen-bond acceptors (Lipinski definition) is 2. The number of hydrogen-bond donors (Lipinski definition) is 2. The summed E-state index contributed by atoms with van der Waals surface area (Å²) in [6.45, 7) is 5.87. The van der Waals surface area contributed by atoms with Crippen molar-refractivity contribution in [3.8, 4) is 0 Å². The first-order valence-electron chi connectivity index (χ1n) is 7.90. The number of carbonyl (C=O) groups is 1. The number of benzene rings is 2. The SMILES string of the molecule is CCNCc1cccc(NC(=O)C(CC)c2ccccc2)c1. The van der Waals surface area contributed by atoms with E-state index in [4.69, 9.17) is 0 Å². The molecule has 0 aliphatic rings. The second-order valence-corrected chi connectivity index (χ2v) is 5.34. The summed E-state index contributed by atoms with van der Waals surface area (Å²) in [5.74, 6) is -0.0621. The Hall–Kier alpha value is -2.13. The zero-order valence-corrected chi connectivity index (χ0v) is 13.3. The van der Waals surface area contributed by atoms with Gasteiger partial charge >= 0.3 is 0 Å². The van der Waals surface area contributed by atoms with E-state index in [1.165, 1.54) is 5.56 Å². The number of rotatable bonds is 7. The normalized spacial score (nSPS) is 11.9. The fourth-order valence-corrected chi connectivity index (χ4v) is 2.52. The molecule has 1 unspecified atom stereocenters. The van der Waals surface area contributed by atoms with Gasteiger partial charge in [-0.15, -0.1) is 0 Å². The first-order chi connectivity index (χ1) is 10.7. The highest BCUT2D eigenvalue weighted by atomic mass is 16.1. The Bertz CT molecular complexity index is 595. The number of carbonyl (C=O) groups excluding carboxylic acids is 1. The molecule has 2 aromatic carbocycles. The Morgan fingerprint density at radius 2 is 1.82 bits per heavy atom. The van der Waals surface area contributed by atoms with Crippen molar-refractivity contribution in [1.82, 2.24) is 5.32 Å². The van der Waals surface area contributed by atoms with E-state index in [0.29, 0.717) is 0 Å². The van der Waals surface area contributed by atoms with Crippen LogP contribution in [0.1, 0.15) is 37.3 Å². The molecule has 0 aliphatic heterocycles. The number of nitrogens with one attached hydrogen (secondary N) is 2. The van der Waals surface area contributed by atoms with E-state index in [2.05, 4.69) is 23.6 Å². The van der Waals surface area contributed by atoms with E-state index in [1.807, 2.05) is 55.5 Å². The predicted molar refractivity (Wildman–Crippen MR) is 91.9 cm³/mol. The Balaban J connectivity index is 2.07. The molecule has 0 radical (unpaired) electrons. The van der Waals surface area contributed by atoms with Crippen molar-refractivity contribution in [2.24, 2.45) is 0 Å². The van der Waals surface area contributed by atoms with Gasteiger partial charge in [0.25, 0.3) is 0 Å². The molecule has 1 atom stereocenters. The summed E-state index contributed by atoms with van der Waals surface area (Å²) in [4.78, 5) is 12.5. The molecule has 0 heterocycles. The lowest BCUT2D eigenvalue weighted by Gasteiger charge is -2.16. The summed E-state index contributed by atoms with van der Waals surface area (Å²) in [5.41, 5.74) is 3.09. The highest BCUT2D eigenvalue weighted by Crippen LogP contribution is 2.21. The topological polar surface area (TPSA) is 41.1 Å². The van der Waals surface area contributed by atoms with Crippen molar-refractivity contribution in [3.63, 3.8) is 0 Å². The molecule has 0 aliphatic carbocycles. The van der Waals surface area contributed by atoms with Crippen LogP contribution in [0.4, 0.5) is 5.69 Å². The van der Waals surface area contributed by atoms with Gasteiger partial charge < -0.3 is 10.6 Å². The van der Waals surface area contributed by atoms with E-state index >= 15 is 0 Å². The monoisotopic (exact) mass is 296 g/mol. The van der Waals surface area contributed by atoms with Gasteiger partial charge in [-0.25, -0.2) is 0 Å². The third-order valence-electron chi connectivity index (χ3n) is 3.70. The molecule has 2 N–H and O–H groups in total. The van der Waals surface area contributed by atoms with Crippen LogP contribution in [0.3, 0.4) is 0 Å². The molecule has 0 spiro atoms. The van der Waals surface area contributed by atoms with Crippen LogP contribution in [0, 0.1) is 0 Å². The molecule has 3 nitrogen and oxygen atoms in total. The zero-order chi connectivity index (χ0) is 15.8. The smallest absolute Gasteiger partial charge is 0.231 e. The summed E-state index contributed by atoms with van der Waals surface area (Å²) < 4.78 is 0. The van der Waals surface area contributed by atoms with Gasteiger partial charge in [0.05, 0.1) is 5.92 Å². The van der Waals surface area contributed by atoms with Crippen LogP contribution >= 0.6 is 0 Å². The lowest BCUT2D eigenvalue weighted by molar-refractivity contribution is -0.117. The summed E-state index contributed by atoms with van der Waals surface area (Å²) in [6, 6.07) is 17.9. The first-order valence-corrected chi connectivity index (χ1v) is 7.90. The van der Waals surface area contributed by atoms with Crippen LogP contribution in [-0.2, 0) is 11.3 Å². The minimum absolute atomic E-state index is 0.0503. The molecular formula is C19H24N2O. The van der Waals surface area contributed by atoms with E-state index in [1.54, 1.807) is 0 Å². The molecule has 2 rings (SSSR count). The van der Waals surface area contributed by atoms with Gasteiger partial charge in [-0.1, -0.05) is 56.3 Å². The van der Waals surface area contributed by atoms with Gasteiger partial charge in [-0.2, -0.15) is 0 Å². The Labute approximate surface area is 132 Å². The van der Waals surface area contributed by atoms with Crippen molar-refractivity contribution in [3.05, 3.63) is 65.7 Å². The second-order valence-electron chi connectivity index (χ2n) is 5.34. The first kappa shape index (κ1) is 16.2. The van der Waals surface area contributed by atoms with Crippen molar-refractivity contribution in [2.75, 3.05) is 11.9 Å². The average Bonchev–Trinajstić information content (AvgIpc) is 2.55. The van der Waals surface area contributed by atoms with Gasteiger partial charge in [-0.05, 0) is 36.2 Å². The van der Waals surface area contributed by atoms with E-state index < -0.39 is 0 Å². The van der Waals surface area contributed by atoms with Gasteiger partial charge in [0.2, 0.25) is 5.91 Å². The van der Waals surface area contributed by atoms with Gasteiger partial charge in [0, 0.05) is 12.2 Å². The molecule has 2 aromatic rings. The minimum atomic E-state index is -0.112. The Kier molecular flexibility index (Phi) is 6.16. The van der Waals surface area contributed by atoms with Gasteiger partial charge in [0.15, 0.2) is 0 Å². The molecule has 0 saturated carbocycles. The van der Waals surface area contributed by atoms with Crippen LogP contribution in [0.25, 0.3) is 0 Å². The fourth-order valence-electron chi connectivity index (χ4n) is 2.52. The second kappa shape index (κ2) is 8.35. The highest BCUT2D eigenvalue weighted by Gasteiger charge is 2.18. The highest BCUT2D eigenvalue weighted by molar-refractivity contribution is 5.95. The maximum Gasteiger partial charge on any atom is 0.231 e. The van der Waals surface area contributed by atoms with E-state index in [0.717, 1.165) is 30.8 Å². The molecule has 1 amide bonds. The summed E-state index contributed by atoms with van der Waals surface area (Å²) in [5, 5.41) is 6.33. The van der Waals surface area contributed by atoms with Crippen LogP contribution in [0.5, 0.6) is 0 Å². The molecule has 0 aromatic heterocycles. The van der Waals surface area contributed by atoms with Crippen LogP contribution in [0.15, 0.2) is 54.6 Å². The van der Waals surface area contributed by atoms with Crippen LogP contribution < -0.4 is 10.6 Å². The van der Waals surface area contributed by atoms with Gasteiger partial charge in [0.1, 0.15) is 0 Å². The summed E-state index contributed by atoms with van der Waals surface area (Å²) >= 11 is 0. The minimum Gasteiger partial charge on any atom is -0.326 e. The lowest BCUT2D eigenvalue weighted by Crippen LogP contribution is -2.21. The molecule has 0 bridgehead atoms. The average molecular weight is 296 g/mol. The van der Waals surface area contributed by atoms with Crippen molar-refractivity contribution in [2.45, 2.75) is 32.7 Å². The largest absolute Gasteiger partial charge is 0.326 e. The third kappa shape index (κ3) is 4.43. The standard InChI is InChI=1S/C19H24N2O/c1-3-18(16-10-6-5-7-11-16)19(22)21-17-12-8-9-15(13-17)14-20-4-2/h5-13,18,20H,3-4,14H2,1-2H3,(H,21,22). The summed E-state index contributed by atoms with van der Waals surface area (Å²) in [7, 11) is 0. The maximum absolute atomic E-state index is 12.5. The van der Waals surface area contributed by atoms with Crippen LogP contribution in [-0.4, -0.2) is 12.5 Å². The van der Waals surface area contributed by atoms with Crippen molar-refractivity contribution < 1.29 is 4.79 Å². The third-order valence-corrected chi connectivity index (χ3v) is 3.70. The predicted octanol–water partition coefficient (Wildman–Crippen LogP) is 3.93. The fraction of sp³-hybridized carbons (Fsp3) is 0.316. The van der Waals surface area contributed by atoms with Crippen molar-refractivity contribution in [1.29, 1.82) is 0 Å². The lowest BCUT2D eigenvalue weighted by atomic mass is 9.95. The van der Waals surface area contributed by atoms with Gasteiger partial charge in [-0.3, -0.25) is 4.79 Å². The van der Waals surface area contributed by atoms with Crippen LogP contribution in [0.2, 0.25) is 0 Å². The Morgan fingerprint density at radius 1 is 1.05 bits per heavy atom.